The number of morpholine rings is 1. The lowest BCUT2D eigenvalue weighted by molar-refractivity contribution is -0.140. The number of ether oxygens (including phenoxy) is 1. The Bertz CT molecular complexity index is 996. The summed E-state index contributed by atoms with van der Waals surface area (Å²) in [4.78, 5) is 21.7. The summed E-state index contributed by atoms with van der Waals surface area (Å²) in [6.07, 6.45) is -1.15. The first kappa shape index (κ1) is 22.3. The molecule has 0 aliphatic carbocycles. The summed E-state index contributed by atoms with van der Waals surface area (Å²) in [5.41, 5.74) is -0.445. The number of fused-ring (bicyclic) bond motifs is 1. The van der Waals surface area contributed by atoms with Crippen molar-refractivity contribution in [2.24, 2.45) is 4.99 Å². The van der Waals surface area contributed by atoms with E-state index in [2.05, 4.69) is 15.2 Å². The third kappa shape index (κ3) is 4.36. The topological polar surface area (TPSA) is 57.2 Å². The molecule has 1 N–H and O–H groups in total. The van der Waals surface area contributed by atoms with Gasteiger partial charge in [0.25, 0.3) is 5.91 Å². The maximum absolute atomic E-state index is 14.5. The van der Waals surface area contributed by atoms with E-state index in [4.69, 9.17) is 4.74 Å². The van der Waals surface area contributed by atoms with E-state index < -0.39 is 29.5 Å². The largest absolute Gasteiger partial charge is 0.419 e. The van der Waals surface area contributed by atoms with Crippen LogP contribution in [0.25, 0.3) is 0 Å². The van der Waals surface area contributed by atoms with Crippen LogP contribution >= 0.6 is 0 Å². The molecule has 1 fully saturated rings. The van der Waals surface area contributed by atoms with Gasteiger partial charge >= 0.3 is 6.18 Å². The molecule has 1 saturated heterocycles. The number of rotatable bonds is 4. The van der Waals surface area contributed by atoms with E-state index in [0.717, 1.165) is 11.8 Å². The summed E-state index contributed by atoms with van der Waals surface area (Å²) >= 11 is 0. The monoisotopic (exact) mass is 452 g/mol. The zero-order chi connectivity index (χ0) is 23.0. The average Bonchev–Trinajstić information content (AvgIpc) is 3.12. The quantitative estimate of drug-likeness (QED) is 0.713. The van der Waals surface area contributed by atoms with Crippen LogP contribution in [0.1, 0.15) is 31.0 Å². The van der Waals surface area contributed by atoms with Gasteiger partial charge in [-0.2, -0.15) is 13.2 Å². The second-order valence-corrected chi connectivity index (χ2v) is 8.07. The van der Waals surface area contributed by atoms with E-state index in [1.54, 1.807) is 6.08 Å². The normalized spacial score (nSPS) is 22.1. The van der Waals surface area contributed by atoms with E-state index >= 15 is 0 Å². The zero-order valence-corrected chi connectivity index (χ0v) is 17.7. The summed E-state index contributed by atoms with van der Waals surface area (Å²) in [5, 5.41) is 2.64. The zero-order valence-electron chi connectivity index (χ0n) is 17.7. The number of benzene rings is 1. The van der Waals surface area contributed by atoms with Gasteiger partial charge in [-0.3, -0.25) is 9.79 Å². The van der Waals surface area contributed by atoms with Gasteiger partial charge in [0.1, 0.15) is 11.7 Å². The summed E-state index contributed by atoms with van der Waals surface area (Å²) in [6.45, 7) is 6.52. The van der Waals surface area contributed by atoms with Crippen LogP contribution in [0.3, 0.4) is 0 Å². The molecule has 1 amide bonds. The Morgan fingerprint density at radius 3 is 2.69 bits per heavy atom. The number of nitrogens with zero attached hydrogens (tertiary/aromatic N) is 3. The van der Waals surface area contributed by atoms with Crippen molar-refractivity contribution in [1.82, 2.24) is 15.1 Å². The lowest BCUT2D eigenvalue weighted by Gasteiger charge is -2.34. The molecule has 6 nitrogen and oxygen atoms in total. The molecule has 10 heteroatoms. The van der Waals surface area contributed by atoms with Crippen LogP contribution in [0.15, 0.2) is 46.7 Å². The van der Waals surface area contributed by atoms with Gasteiger partial charge in [-0.25, -0.2) is 4.39 Å². The first-order valence-corrected chi connectivity index (χ1v) is 10.4. The number of amidine groups is 1. The van der Waals surface area contributed by atoms with Crippen molar-refractivity contribution in [2.45, 2.75) is 32.1 Å². The molecular weight excluding hydrogens is 428 g/mol. The van der Waals surface area contributed by atoms with Gasteiger partial charge in [0.2, 0.25) is 0 Å². The molecule has 0 spiro atoms. The van der Waals surface area contributed by atoms with Crippen LogP contribution in [0.4, 0.5) is 17.6 Å². The number of alkyl halides is 3. The Balaban J connectivity index is 1.59. The molecule has 0 radical (unpaired) electrons. The average molecular weight is 452 g/mol. The van der Waals surface area contributed by atoms with Crippen molar-refractivity contribution in [2.75, 3.05) is 32.8 Å². The molecule has 172 valence electrons. The predicted molar refractivity (Wildman–Crippen MR) is 110 cm³/mol. The lowest BCUT2D eigenvalue weighted by atomic mass is 10.0. The first-order valence-electron chi connectivity index (χ1n) is 10.4. The molecule has 2 atom stereocenters. The maximum Gasteiger partial charge on any atom is 0.419 e. The number of amides is 1. The molecule has 3 aliphatic heterocycles. The van der Waals surface area contributed by atoms with Gasteiger partial charge in [0.15, 0.2) is 0 Å². The van der Waals surface area contributed by atoms with Crippen molar-refractivity contribution in [1.29, 1.82) is 0 Å². The summed E-state index contributed by atoms with van der Waals surface area (Å²) in [7, 11) is 0. The highest BCUT2D eigenvalue weighted by atomic mass is 19.4. The maximum atomic E-state index is 14.5. The number of carbonyl (C=O) groups is 1. The predicted octanol–water partition coefficient (Wildman–Crippen LogP) is 3.24. The van der Waals surface area contributed by atoms with E-state index in [1.807, 2.05) is 18.0 Å². The first-order chi connectivity index (χ1) is 15.1. The van der Waals surface area contributed by atoms with Gasteiger partial charge in [0, 0.05) is 31.4 Å². The fourth-order valence-electron chi connectivity index (χ4n) is 4.06. The second-order valence-electron chi connectivity index (χ2n) is 8.07. The van der Waals surface area contributed by atoms with Crippen molar-refractivity contribution < 1.29 is 27.1 Å². The molecule has 1 aromatic carbocycles. The minimum atomic E-state index is -4.82. The van der Waals surface area contributed by atoms with Crippen molar-refractivity contribution >= 4 is 11.7 Å². The Morgan fingerprint density at radius 2 is 2.00 bits per heavy atom. The van der Waals surface area contributed by atoms with Crippen LogP contribution in [-0.2, 0) is 15.7 Å². The van der Waals surface area contributed by atoms with Crippen LogP contribution < -0.4 is 5.32 Å². The van der Waals surface area contributed by atoms with E-state index in [1.165, 1.54) is 13.0 Å². The van der Waals surface area contributed by atoms with Crippen molar-refractivity contribution in [3.8, 4) is 0 Å². The van der Waals surface area contributed by atoms with Gasteiger partial charge < -0.3 is 19.9 Å². The number of hydrogen-bond acceptors (Lipinski definition) is 5. The smallest absolute Gasteiger partial charge is 0.378 e. The highest BCUT2D eigenvalue weighted by Gasteiger charge is 2.36. The van der Waals surface area contributed by atoms with Gasteiger partial charge in [0.05, 0.1) is 42.1 Å². The molecule has 3 heterocycles. The number of halogens is 4. The van der Waals surface area contributed by atoms with Crippen LogP contribution in [0.2, 0.25) is 0 Å². The highest BCUT2D eigenvalue weighted by Crippen LogP contribution is 2.34. The molecule has 0 bridgehead atoms. The number of carbonyl (C=O) groups excluding carboxylic acids is 1. The van der Waals surface area contributed by atoms with Crippen molar-refractivity contribution in [3.05, 3.63) is 58.7 Å². The third-order valence-electron chi connectivity index (χ3n) is 5.67. The Kier molecular flexibility index (Phi) is 5.98. The third-order valence-corrected chi connectivity index (χ3v) is 5.67. The molecule has 0 aromatic heterocycles. The number of hydrogen-bond donors (Lipinski definition) is 1. The van der Waals surface area contributed by atoms with Gasteiger partial charge in [-0.1, -0.05) is 12.1 Å². The second kappa shape index (κ2) is 8.57. The highest BCUT2D eigenvalue weighted by molar-refractivity contribution is 6.22. The molecular formula is C22H24F4N4O2. The Labute approximate surface area is 183 Å². The van der Waals surface area contributed by atoms with E-state index in [-0.39, 0.29) is 11.6 Å². The van der Waals surface area contributed by atoms with Gasteiger partial charge in [-0.05, 0) is 26.0 Å². The minimum absolute atomic E-state index is 0.0141. The Morgan fingerprint density at radius 1 is 1.28 bits per heavy atom. The molecule has 0 unspecified atom stereocenters. The Hall–Kier alpha value is -2.88. The molecule has 32 heavy (non-hydrogen) atoms. The summed E-state index contributed by atoms with van der Waals surface area (Å²) < 4.78 is 59.1. The number of nitrogens with one attached hydrogen (secondary N) is 1. The molecule has 1 aromatic rings. The summed E-state index contributed by atoms with van der Waals surface area (Å²) in [5.74, 6) is -1.40. The van der Waals surface area contributed by atoms with E-state index in [0.29, 0.717) is 50.3 Å². The molecule has 3 aliphatic rings. The number of aliphatic imine (C=N–C) groups is 1. The van der Waals surface area contributed by atoms with E-state index in [9.17, 15) is 22.4 Å². The standard InChI is InChI=1S/C22H24F4N4O2/c1-13-11-30-12-15(29-6-8-32-9-7-29)10-17(20(30)27-13)21(31)28-14(2)16-4-3-5-18(19(16)23)22(24,25)26/h3-5,10,12-14H,6-9,11H2,1-2H3,(H,28,31)/t13-,14-/m1/s1. The number of allylic oxidation sites excluding steroid dienone is 1. The lowest BCUT2D eigenvalue weighted by Crippen LogP contribution is -2.41. The van der Waals surface area contributed by atoms with Gasteiger partial charge in [-0.15, -0.1) is 0 Å². The fraction of sp³-hybridized carbons (Fsp3) is 0.455. The van der Waals surface area contributed by atoms with Crippen LogP contribution in [0, 0.1) is 5.82 Å². The minimum Gasteiger partial charge on any atom is -0.378 e. The fourth-order valence-corrected chi connectivity index (χ4v) is 4.06. The van der Waals surface area contributed by atoms with Crippen LogP contribution in [0.5, 0.6) is 0 Å². The van der Waals surface area contributed by atoms with Crippen molar-refractivity contribution in [3.63, 3.8) is 0 Å². The van der Waals surface area contributed by atoms with Crippen LogP contribution in [-0.4, -0.2) is 60.4 Å². The molecule has 0 saturated carbocycles. The SMILES string of the molecule is C[C@@H]1CN2C=C(N3CCOCC3)C=C(C(=O)N[C@H](C)c3cccc(C(F)(F)F)c3F)C2=N1. The summed E-state index contributed by atoms with van der Waals surface area (Å²) in [6, 6.07) is 2.07. The molecule has 4 rings (SSSR count).